The Kier molecular flexibility index (Phi) is 6.28. The fourth-order valence-corrected chi connectivity index (χ4v) is 4.06. The van der Waals surface area contributed by atoms with Gasteiger partial charge in [0.2, 0.25) is 0 Å². The zero-order valence-electron chi connectivity index (χ0n) is 14.8. The second-order valence-electron chi connectivity index (χ2n) is 5.84. The largest absolute Gasteiger partial charge is 0.489 e. The van der Waals surface area contributed by atoms with Crippen LogP contribution in [-0.4, -0.2) is 32.8 Å². The smallest absolute Gasteiger partial charge is 0.331 e. The molecular weight excluding hydrogens is 394 g/mol. The Morgan fingerprint density at radius 3 is 2.57 bits per heavy atom. The van der Waals surface area contributed by atoms with E-state index in [9.17, 15) is 14.7 Å². The fraction of sp³-hybridized carbons (Fsp3) is 0.0952. The summed E-state index contributed by atoms with van der Waals surface area (Å²) in [5.41, 5.74) is 1.19. The molecule has 2 aromatic carbocycles. The molecule has 0 aliphatic carbocycles. The first kappa shape index (κ1) is 19.9. The van der Waals surface area contributed by atoms with Crippen LogP contribution in [0.5, 0.6) is 5.75 Å². The second kappa shape index (κ2) is 8.86. The molecule has 0 spiro atoms. The number of thiocarbonyl (C=S) groups is 1. The molecule has 0 bridgehead atoms. The molecule has 0 radical (unpaired) electrons. The van der Waals surface area contributed by atoms with Gasteiger partial charge in [-0.25, -0.2) is 4.79 Å². The molecule has 1 amide bonds. The van der Waals surface area contributed by atoms with Crippen molar-refractivity contribution in [2.45, 2.75) is 6.04 Å². The topological polar surface area (TPSA) is 66.8 Å². The second-order valence-corrected chi connectivity index (χ2v) is 7.52. The predicted molar refractivity (Wildman–Crippen MR) is 114 cm³/mol. The first-order valence-corrected chi connectivity index (χ1v) is 9.63. The number of benzene rings is 2. The molecule has 5 nitrogen and oxygen atoms in total. The molecule has 7 heteroatoms. The molecule has 2 aromatic rings. The van der Waals surface area contributed by atoms with Crippen molar-refractivity contribution in [2.24, 2.45) is 0 Å². The lowest BCUT2D eigenvalue weighted by atomic mass is 10.1. The van der Waals surface area contributed by atoms with Gasteiger partial charge in [-0.05, 0) is 17.7 Å². The summed E-state index contributed by atoms with van der Waals surface area (Å²) in [5.74, 6) is -0.978. The number of hydrogen-bond acceptors (Lipinski definition) is 5. The molecule has 0 unspecified atom stereocenters. The summed E-state index contributed by atoms with van der Waals surface area (Å²) in [6.07, 6.45) is 3.30. The lowest BCUT2D eigenvalue weighted by Crippen LogP contribution is -2.37. The zero-order valence-corrected chi connectivity index (χ0v) is 16.4. The van der Waals surface area contributed by atoms with Crippen LogP contribution in [0, 0.1) is 0 Å². The van der Waals surface area contributed by atoms with Crippen LogP contribution >= 0.6 is 24.0 Å². The maximum absolute atomic E-state index is 13.0. The molecule has 0 saturated carbocycles. The van der Waals surface area contributed by atoms with Crippen molar-refractivity contribution in [1.29, 1.82) is 0 Å². The highest BCUT2D eigenvalue weighted by Gasteiger charge is 2.41. The molecule has 1 N–H and O–H groups in total. The molecule has 3 rings (SSSR count). The minimum absolute atomic E-state index is 0.206. The van der Waals surface area contributed by atoms with Crippen molar-refractivity contribution < 1.29 is 19.4 Å². The fourth-order valence-electron chi connectivity index (χ4n) is 2.76. The molecule has 1 aliphatic rings. The summed E-state index contributed by atoms with van der Waals surface area (Å²) in [6.45, 7) is 3.96. The SMILES string of the molecule is C=CCOc1ccccc1/C=C1/SC(=S)N([C@@H](C(=O)O)c2ccccc2)C1=O. The van der Waals surface area contributed by atoms with Gasteiger partial charge in [-0.15, -0.1) is 0 Å². The maximum Gasteiger partial charge on any atom is 0.331 e. The minimum atomic E-state index is -1.17. The van der Waals surface area contributed by atoms with Gasteiger partial charge in [0.05, 0.1) is 4.91 Å². The summed E-state index contributed by atoms with van der Waals surface area (Å²) in [5, 5.41) is 9.73. The number of para-hydroxylation sites is 1. The average molecular weight is 412 g/mol. The van der Waals surface area contributed by atoms with Crippen molar-refractivity contribution >= 4 is 46.3 Å². The van der Waals surface area contributed by atoms with Gasteiger partial charge in [0.15, 0.2) is 6.04 Å². The van der Waals surface area contributed by atoms with E-state index in [4.69, 9.17) is 17.0 Å². The molecule has 1 fully saturated rings. The van der Waals surface area contributed by atoms with Crippen LogP contribution < -0.4 is 4.74 Å². The number of amides is 1. The highest BCUT2D eigenvalue weighted by Crippen LogP contribution is 2.39. The lowest BCUT2D eigenvalue weighted by Gasteiger charge is -2.23. The van der Waals surface area contributed by atoms with E-state index < -0.39 is 17.9 Å². The Bertz CT molecular complexity index is 956. The van der Waals surface area contributed by atoms with E-state index in [0.29, 0.717) is 28.4 Å². The molecule has 28 heavy (non-hydrogen) atoms. The maximum atomic E-state index is 13.0. The number of rotatable bonds is 7. The van der Waals surface area contributed by atoms with E-state index in [2.05, 4.69) is 6.58 Å². The number of carbonyl (C=O) groups is 2. The van der Waals surface area contributed by atoms with Crippen LogP contribution in [-0.2, 0) is 9.59 Å². The van der Waals surface area contributed by atoms with Crippen LogP contribution in [0.3, 0.4) is 0 Å². The number of carbonyl (C=O) groups excluding carboxylic acids is 1. The van der Waals surface area contributed by atoms with Crippen LogP contribution in [0.4, 0.5) is 0 Å². The number of aliphatic carboxylic acids is 1. The Morgan fingerprint density at radius 1 is 1.21 bits per heavy atom. The number of hydrogen-bond donors (Lipinski definition) is 1. The van der Waals surface area contributed by atoms with E-state index >= 15 is 0 Å². The van der Waals surface area contributed by atoms with Crippen molar-refractivity contribution in [3.63, 3.8) is 0 Å². The Labute approximate surface area is 172 Å². The average Bonchev–Trinajstić information content (AvgIpc) is 2.96. The monoisotopic (exact) mass is 411 g/mol. The first-order valence-electron chi connectivity index (χ1n) is 8.40. The third-order valence-electron chi connectivity index (χ3n) is 3.99. The normalized spacial score (nSPS) is 16.3. The third-order valence-corrected chi connectivity index (χ3v) is 5.32. The van der Waals surface area contributed by atoms with Crippen LogP contribution in [0.2, 0.25) is 0 Å². The van der Waals surface area contributed by atoms with Crippen LogP contribution in [0.1, 0.15) is 17.2 Å². The molecule has 1 heterocycles. The van der Waals surface area contributed by atoms with Crippen molar-refractivity contribution in [3.05, 3.63) is 83.3 Å². The van der Waals surface area contributed by atoms with E-state index in [1.165, 1.54) is 0 Å². The predicted octanol–water partition coefficient (Wildman–Crippen LogP) is 4.28. The quantitative estimate of drug-likeness (QED) is 0.417. The highest BCUT2D eigenvalue weighted by atomic mass is 32.2. The number of carboxylic acid groups (broad SMARTS) is 1. The molecule has 1 saturated heterocycles. The molecule has 1 aliphatic heterocycles. The van der Waals surface area contributed by atoms with E-state index in [1.54, 1.807) is 48.6 Å². The van der Waals surface area contributed by atoms with Crippen molar-refractivity contribution in [1.82, 2.24) is 4.90 Å². The van der Waals surface area contributed by atoms with Gasteiger partial charge < -0.3 is 9.84 Å². The van der Waals surface area contributed by atoms with Crippen LogP contribution in [0.15, 0.2) is 72.2 Å². The highest BCUT2D eigenvalue weighted by molar-refractivity contribution is 8.26. The molecule has 1 atom stereocenters. The number of thioether (sulfide) groups is 1. The van der Waals surface area contributed by atoms with Gasteiger partial charge in [-0.1, -0.05) is 85.2 Å². The number of carboxylic acids is 1. The van der Waals surface area contributed by atoms with Gasteiger partial charge in [0.1, 0.15) is 16.7 Å². The van der Waals surface area contributed by atoms with Crippen LogP contribution in [0.25, 0.3) is 6.08 Å². The number of ether oxygens (including phenoxy) is 1. The summed E-state index contributed by atoms with van der Waals surface area (Å²) in [7, 11) is 0. The standard InChI is InChI=1S/C21H17NO4S2/c1-2-12-26-16-11-7-6-10-15(16)13-17-19(23)22(21(27)28-17)18(20(24)25)14-8-4-3-5-9-14/h2-11,13,18H,1,12H2,(H,24,25)/b17-13+/t18-/m1/s1. The summed E-state index contributed by atoms with van der Waals surface area (Å²) < 4.78 is 5.82. The molecule has 142 valence electrons. The van der Waals surface area contributed by atoms with Gasteiger partial charge in [0, 0.05) is 5.56 Å². The summed E-state index contributed by atoms with van der Waals surface area (Å²) in [4.78, 5) is 26.4. The Balaban J connectivity index is 1.95. The summed E-state index contributed by atoms with van der Waals surface area (Å²) in [6, 6.07) is 14.7. The van der Waals surface area contributed by atoms with E-state index in [1.807, 2.05) is 18.2 Å². The lowest BCUT2D eigenvalue weighted by molar-refractivity contribution is -0.145. The zero-order chi connectivity index (χ0) is 20.1. The van der Waals surface area contributed by atoms with E-state index in [0.717, 1.165) is 16.7 Å². The van der Waals surface area contributed by atoms with Gasteiger partial charge in [0.25, 0.3) is 5.91 Å². The number of nitrogens with zero attached hydrogens (tertiary/aromatic N) is 1. The van der Waals surface area contributed by atoms with E-state index in [-0.39, 0.29) is 4.32 Å². The molecule has 0 aromatic heterocycles. The first-order chi connectivity index (χ1) is 13.5. The minimum Gasteiger partial charge on any atom is -0.489 e. The Morgan fingerprint density at radius 2 is 1.89 bits per heavy atom. The molecular formula is C21H17NO4S2. The van der Waals surface area contributed by atoms with Crippen molar-refractivity contribution in [2.75, 3.05) is 6.61 Å². The van der Waals surface area contributed by atoms with Gasteiger partial charge >= 0.3 is 5.97 Å². The Hall–Kier alpha value is -2.90. The third kappa shape index (κ3) is 4.16. The van der Waals surface area contributed by atoms with Gasteiger partial charge in [-0.2, -0.15) is 0 Å². The van der Waals surface area contributed by atoms with Crippen molar-refractivity contribution in [3.8, 4) is 5.75 Å². The summed E-state index contributed by atoms with van der Waals surface area (Å²) >= 11 is 6.41. The van der Waals surface area contributed by atoms with Gasteiger partial charge in [-0.3, -0.25) is 9.69 Å².